The van der Waals surface area contributed by atoms with Crippen LogP contribution in [0.5, 0.6) is 0 Å². The summed E-state index contributed by atoms with van der Waals surface area (Å²) < 4.78 is 1.75. The van der Waals surface area contributed by atoms with Crippen molar-refractivity contribution in [3.05, 3.63) is 22.2 Å². The van der Waals surface area contributed by atoms with Crippen LogP contribution in [0.3, 0.4) is 0 Å². The molecule has 1 atom stereocenters. The molecular weight excluding hydrogens is 368 g/mol. The number of likely N-dealkylation sites (tertiary alicyclic amines) is 1. The third-order valence-corrected chi connectivity index (χ3v) is 5.65. The van der Waals surface area contributed by atoms with E-state index in [1.807, 2.05) is 41.1 Å². The maximum Gasteiger partial charge on any atom is 0.219 e. The number of guanidine groups is 1. The molecule has 0 aliphatic carbocycles. The average molecular weight is 389 g/mol. The van der Waals surface area contributed by atoms with Crippen molar-refractivity contribution in [2.45, 2.75) is 26.3 Å². The van der Waals surface area contributed by atoms with E-state index in [2.05, 4.69) is 15.3 Å². The van der Waals surface area contributed by atoms with Crippen LogP contribution in [0, 0.1) is 15.4 Å². The Bertz CT molecular complexity index is 941. The fraction of sp³-hybridized carbons (Fsp3) is 0.412. The standard InChI is InChI=1S/C17H20N6OS2/c1-3-23(11(2)24)13-6-7-22(9-13)16(19-10-18)20-12-4-5-14-15(8-12)26-17(25)21-14/h4-5,8,13H,3,6-7,9H2,1-2H3,(H,19,20)(H,21,25). The lowest BCUT2D eigenvalue weighted by Crippen LogP contribution is -2.43. The van der Waals surface area contributed by atoms with E-state index in [0.29, 0.717) is 19.0 Å². The molecule has 1 aromatic carbocycles. The molecule has 0 saturated carbocycles. The molecule has 2 aromatic rings. The van der Waals surface area contributed by atoms with E-state index in [-0.39, 0.29) is 11.9 Å². The number of likely N-dealkylation sites (N-methyl/N-ethyl adjacent to an activating group) is 1. The Labute approximate surface area is 160 Å². The average Bonchev–Trinajstić information content (AvgIpc) is 3.20. The van der Waals surface area contributed by atoms with E-state index in [9.17, 15) is 4.79 Å². The molecule has 1 aliphatic heterocycles. The van der Waals surface area contributed by atoms with Gasteiger partial charge in [-0.25, -0.2) is 4.99 Å². The number of fused-ring (bicyclic) bond motifs is 1. The lowest BCUT2D eigenvalue weighted by atomic mass is 10.2. The first-order chi connectivity index (χ1) is 12.5. The van der Waals surface area contributed by atoms with E-state index in [1.165, 1.54) is 11.3 Å². The van der Waals surface area contributed by atoms with E-state index in [4.69, 9.17) is 17.5 Å². The van der Waals surface area contributed by atoms with Gasteiger partial charge in [-0.05, 0) is 43.8 Å². The number of rotatable bonds is 3. The Kier molecular flexibility index (Phi) is 5.54. The molecule has 26 heavy (non-hydrogen) atoms. The van der Waals surface area contributed by atoms with Crippen molar-refractivity contribution >= 4 is 51.3 Å². The molecule has 1 amide bonds. The van der Waals surface area contributed by atoms with Gasteiger partial charge in [0, 0.05) is 26.6 Å². The number of aromatic nitrogens is 1. The minimum atomic E-state index is 0.0743. The number of aliphatic imine (C=N–C) groups is 1. The van der Waals surface area contributed by atoms with Crippen LogP contribution in [-0.4, -0.2) is 52.3 Å². The molecule has 7 nitrogen and oxygen atoms in total. The highest BCUT2D eigenvalue weighted by atomic mass is 32.1. The summed E-state index contributed by atoms with van der Waals surface area (Å²) in [6, 6.07) is 5.92. The highest BCUT2D eigenvalue weighted by Crippen LogP contribution is 2.25. The molecular formula is C17H20N6OS2. The van der Waals surface area contributed by atoms with E-state index in [0.717, 1.165) is 32.8 Å². The zero-order valence-corrected chi connectivity index (χ0v) is 16.3. The van der Waals surface area contributed by atoms with Crippen molar-refractivity contribution in [2.75, 3.05) is 19.6 Å². The van der Waals surface area contributed by atoms with Gasteiger partial charge in [0.2, 0.25) is 11.9 Å². The zero-order valence-electron chi connectivity index (χ0n) is 14.7. The molecule has 1 fully saturated rings. The van der Waals surface area contributed by atoms with Crippen LogP contribution in [0.15, 0.2) is 23.2 Å². The molecule has 3 rings (SSSR count). The number of nitrogens with one attached hydrogen (secondary N) is 2. The van der Waals surface area contributed by atoms with Gasteiger partial charge in [0.05, 0.1) is 21.9 Å². The lowest BCUT2D eigenvalue weighted by Gasteiger charge is -2.27. The van der Waals surface area contributed by atoms with Gasteiger partial charge in [0.25, 0.3) is 0 Å². The number of aromatic amines is 1. The summed E-state index contributed by atoms with van der Waals surface area (Å²) in [6.07, 6.45) is 2.82. The monoisotopic (exact) mass is 388 g/mol. The number of thiazole rings is 1. The van der Waals surface area contributed by atoms with Gasteiger partial charge in [-0.15, -0.1) is 11.3 Å². The molecule has 9 heteroatoms. The van der Waals surface area contributed by atoms with E-state index < -0.39 is 0 Å². The Balaban J connectivity index is 1.84. The number of hydrogen-bond donors (Lipinski definition) is 2. The van der Waals surface area contributed by atoms with Crippen LogP contribution >= 0.6 is 23.6 Å². The normalized spacial score (nSPS) is 17.3. The van der Waals surface area contributed by atoms with Crippen molar-refractivity contribution in [1.29, 1.82) is 5.26 Å². The van der Waals surface area contributed by atoms with Crippen LogP contribution in [0.25, 0.3) is 10.2 Å². The number of nitriles is 1. The van der Waals surface area contributed by atoms with Gasteiger partial charge in [-0.1, -0.05) is 0 Å². The number of benzene rings is 1. The predicted molar refractivity (Wildman–Crippen MR) is 106 cm³/mol. The Hall–Kier alpha value is -2.44. The van der Waals surface area contributed by atoms with Crippen molar-refractivity contribution in [3.63, 3.8) is 0 Å². The third-order valence-electron chi connectivity index (χ3n) is 4.46. The lowest BCUT2D eigenvalue weighted by molar-refractivity contribution is -0.130. The van der Waals surface area contributed by atoms with Crippen LogP contribution in [0.4, 0.5) is 5.69 Å². The largest absolute Gasteiger partial charge is 0.340 e. The second-order valence-electron chi connectivity index (χ2n) is 6.06. The number of amides is 1. The highest BCUT2D eigenvalue weighted by Gasteiger charge is 2.30. The minimum absolute atomic E-state index is 0.0743. The van der Waals surface area contributed by atoms with Gasteiger partial charge < -0.3 is 14.8 Å². The first kappa shape index (κ1) is 18.4. The maximum atomic E-state index is 11.8. The molecule has 0 radical (unpaired) electrons. The predicted octanol–water partition coefficient (Wildman–Crippen LogP) is 2.96. The number of nitrogens with zero attached hydrogens (tertiary/aromatic N) is 4. The zero-order chi connectivity index (χ0) is 18.7. The molecule has 1 aliphatic rings. The number of carbonyl (C=O) groups excluding carboxylic acids is 1. The smallest absolute Gasteiger partial charge is 0.219 e. The summed E-state index contributed by atoms with van der Waals surface area (Å²) in [5.41, 5.74) is 1.73. The molecule has 1 unspecified atom stereocenters. The Morgan fingerprint density at radius 3 is 3.12 bits per heavy atom. The summed E-state index contributed by atoms with van der Waals surface area (Å²) in [4.78, 5) is 23.4. The molecule has 0 bridgehead atoms. The van der Waals surface area contributed by atoms with E-state index in [1.54, 1.807) is 6.92 Å². The van der Waals surface area contributed by atoms with Crippen molar-refractivity contribution in [2.24, 2.45) is 4.99 Å². The van der Waals surface area contributed by atoms with Crippen molar-refractivity contribution in [1.82, 2.24) is 20.1 Å². The van der Waals surface area contributed by atoms with Gasteiger partial charge >= 0.3 is 0 Å². The highest BCUT2D eigenvalue weighted by molar-refractivity contribution is 7.73. The van der Waals surface area contributed by atoms with Crippen molar-refractivity contribution in [3.8, 4) is 6.19 Å². The number of H-pyrrole nitrogens is 1. The van der Waals surface area contributed by atoms with Crippen LogP contribution in [-0.2, 0) is 4.79 Å². The summed E-state index contributed by atoms with van der Waals surface area (Å²) in [5.74, 6) is 0.582. The summed E-state index contributed by atoms with van der Waals surface area (Å²) in [6.45, 7) is 5.66. The van der Waals surface area contributed by atoms with Gasteiger partial charge in [-0.2, -0.15) is 5.26 Å². The molecule has 1 saturated heterocycles. The minimum Gasteiger partial charge on any atom is -0.340 e. The van der Waals surface area contributed by atoms with Crippen LogP contribution < -0.4 is 5.32 Å². The first-order valence-corrected chi connectivity index (χ1v) is 9.63. The van der Waals surface area contributed by atoms with Gasteiger partial charge in [-0.3, -0.25) is 10.1 Å². The summed E-state index contributed by atoms with van der Waals surface area (Å²) >= 11 is 6.67. The molecule has 136 valence electrons. The van der Waals surface area contributed by atoms with E-state index >= 15 is 0 Å². The quantitative estimate of drug-likeness (QED) is 0.277. The molecule has 1 aromatic heterocycles. The second kappa shape index (κ2) is 7.85. The summed E-state index contributed by atoms with van der Waals surface area (Å²) in [7, 11) is 0. The topological polar surface area (TPSA) is 87.5 Å². The number of hydrogen-bond acceptors (Lipinski definition) is 5. The molecule has 2 heterocycles. The maximum absolute atomic E-state index is 11.8. The molecule has 2 N–H and O–H groups in total. The third kappa shape index (κ3) is 3.86. The van der Waals surface area contributed by atoms with Crippen molar-refractivity contribution < 1.29 is 4.79 Å². The fourth-order valence-electron chi connectivity index (χ4n) is 3.28. The summed E-state index contributed by atoms with van der Waals surface area (Å²) in [5, 5.41) is 11.8. The van der Waals surface area contributed by atoms with Crippen LogP contribution in [0.2, 0.25) is 0 Å². The SMILES string of the molecule is CCN(C(C)=O)C1CCN(C(=Nc2ccc3[nH]c(=S)sc3c2)NC#N)C1. The van der Waals surface area contributed by atoms with Gasteiger partial charge in [0.15, 0.2) is 10.1 Å². The number of carbonyl (C=O) groups is 1. The van der Waals surface area contributed by atoms with Gasteiger partial charge in [0.1, 0.15) is 0 Å². The Morgan fingerprint density at radius 2 is 2.42 bits per heavy atom. The Morgan fingerprint density at radius 1 is 1.62 bits per heavy atom. The molecule has 0 spiro atoms. The second-order valence-corrected chi connectivity index (χ2v) is 7.78. The fourth-order valence-corrected chi connectivity index (χ4v) is 4.43. The first-order valence-electron chi connectivity index (χ1n) is 8.40. The van der Waals surface area contributed by atoms with Crippen LogP contribution in [0.1, 0.15) is 20.3 Å².